The lowest BCUT2D eigenvalue weighted by Crippen LogP contribution is -2.10. The second-order valence-corrected chi connectivity index (χ2v) is 7.34. The van der Waals surface area contributed by atoms with Crippen molar-refractivity contribution in [1.29, 1.82) is 0 Å². The number of nitrogens with one attached hydrogen (secondary N) is 1. The van der Waals surface area contributed by atoms with Gasteiger partial charge in [0.2, 0.25) is 10.0 Å². The number of anilines is 1. The standard InChI is InChI=1S/C15H14BrNO3S/c1-21(19,20)17-14-8-4-12(5-9-14)15(18)10-11-2-6-13(16)7-3-11/h2-9,17H,10H2,1H3. The van der Waals surface area contributed by atoms with Gasteiger partial charge in [-0.1, -0.05) is 28.1 Å². The molecule has 4 nitrogen and oxygen atoms in total. The highest BCUT2D eigenvalue weighted by Gasteiger charge is 2.08. The van der Waals surface area contributed by atoms with Crippen LogP contribution in [0.5, 0.6) is 0 Å². The van der Waals surface area contributed by atoms with Crippen molar-refractivity contribution in [3.8, 4) is 0 Å². The first kappa shape index (κ1) is 15.7. The van der Waals surface area contributed by atoms with Gasteiger partial charge in [-0.05, 0) is 42.0 Å². The van der Waals surface area contributed by atoms with Gasteiger partial charge < -0.3 is 0 Å². The summed E-state index contributed by atoms with van der Waals surface area (Å²) < 4.78 is 25.5. The third kappa shape index (κ3) is 4.99. The molecule has 2 aromatic carbocycles. The van der Waals surface area contributed by atoms with Crippen LogP contribution in [-0.2, 0) is 16.4 Å². The molecule has 0 aromatic heterocycles. The van der Waals surface area contributed by atoms with E-state index in [0.717, 1.165) is 16.3 Å². The molecule has 0 atom stereocenters. The number of carbonyl (C=O) groups excluding carboxylic acids is 1. The molecule has 0 aliphatic carbocycles. The molecule has 0 saturated heterocycles. The predicted octanol–water partition coefficient (Wildman–Crippen LogP) is 3.25. The van der Waals surface area contributed by atoms with Crippen LogP contribution < -0.4 is 4.72 Å². The van der Waals surface area contributed by atoms with E-state index < -0.39 is 10.0 Å². The monoisotopic (exact) mass is 367 g/mol. The van der Waals surface area contributed by atoms with Crippen LogP contribution >= 0.6 is 15.9 Å². The van der Waals surface area contributed by atoms with Gasteiger partial charge in [0.15, 0.2) is 5.78 Å². The summed E-state index contributed by atoms with van der Waals surface area (Å²) in [7, 11) is -3.30. The smallest absolute Gasteiger partial charge is 0.229 e. The Hall–Kier alpha value is -1.66. The van der Waals surface area contributed by atoms with Crippen molar-refractivity contribution in [2.75, 3.05) is 11.0 Å². The number of hydrogen-bond acceptors (Lipinski definition) is 3. The van der Waals surface area contributed by atoms with E-state index in [2.05, 4.69) is 20.7 Å². The van der Waals surface area contributed by atoms with Gasteiger partial charge >= 0.3 is 0 Å². The zero-order valence-electron chi connectivity index (χ0n) is 11.3. The van der Waals surface area contributed by atoms with Gasteiger partial charge in [-0.25, -0.2) is 8.42 Å². The Labute approximate surface area is 132 Å². The molecule has 0 radical (unpaired) electrons. The average molecular weight is 368 g/mol. The molecule has 0 aliphatic rings. The lowest BCUT2D eigenvalue weighted by Gasteiger charge is -2.05. The third-order valence-electron chi connectivity index (χ3n) is 2.79. The Balaban J connectivity index is 2.08. The minimum atomic E-state index is -3.30. The Morgan fingerprint density at radius 1 is 1.05 bits per heavy atom. The Morgan fingerprint density at radius 3 is 2.14 bits per heavy atom. The minimum Gasteiger partial charge on any atom is -0.294 e. The van der Waals surface area contributed by atoms with E-state index in [4.69, 9.17) is 0 Å². The van der Waals surface area contributed by atoms with Gasteiger partial charge in [0.25, 0.3) is 0 Å². The van der Waals surface area contributed by atoms with E-state index in [9.17, 15) is 13.2 Å². The Bertz CT molecular complexity index is 737. The van der Waals surface area contributed by atoms with Crippen molar-refractivity contribution < 1.29 is 13.2 Å². The first-order valence-electron chi connectivity index (χ1n) is 6.19. The van der Waals surface area contributed by atoms with Crippen LogP contribution in [0.2, 0.25) is 0 Å². The summed E-state index contributed by atoms with van der Waals surface area (Å²) in [5, 5.41) is 0. The maximum atomic E-state index is 12.1. The van der Waals surface area contributed by atoms with Crippen molar-refractivity contribution in [2.45, 2.75) is 6.42 Å². The largest absolute Gasteiger partial charge is 0.294 e. The highest BCUT2D eigenvalue weighted by Crippen LogP contribution is 2.15. The molecule has 0 bridgehead atoms. The van der Waals surface area contributed by atoms with E-state index in [1.807, 2.05) is 24.3 Å². The lowest BCUT2D eigenvalue weighted by atomic mass is 10.0. The van der Waals surface area contributed by atoms with Crippen LogP contribution in [-0.4, -0.2) is 20.5 Å². The quantitative estimate of drug-likeness (QED) is 0.825. The first-order chi connectivity index (χ1) is 9.83. The molecule has 110 valence electrons. The lowest BCUT2D eigenvalue weighted by molar-refractivity contribution is 0.0993. The van der Waals surface area contributed by atoms with E-state index in [-0.39, 0.29) is 5.78 Å². The van der Waals surface area contributed by atoms with Crippen molar-refractivity contribution in [3.63, 3.8) is 0 Å². The van der Waals surface area contributed by atoms with E-state index in [0.29, 0.717) is 17.7 Å². The number of rotatable bonds is 5. The molecular formula is C15H14BrNO3S. The maximum Gasteiger partial charge on any atom is 0.229 e. The highest BCUT2D eigenvalue weighted by molar-refractivity contribution is 9.10. The number of Topliss-reactive ketones (excluding diaryl/α,β-unsaturated/α-hetero) is 1. The zero-order valence-corrected chi connectivity index (χ0v) is 13.7. The number of carbonyl (C=O) groups is 1. The summed E-state index contributed by atoms with van der Waals surface area (Å²) in [4.78, 5) is 12.1. The van der Waals surface area contributed by atoms with Crippen LogP contribution in [0, 0.1) is 0 Å². The number of benzene rings is 2. The fourth-order valence-corrected chi connectivity index (χ4v) is 2.66. The zero-order chi connectivity index (χ0) is 15.5. The Morgan fingerprint density at radius 2 is 1.62 bits per heavy atom. The molecule has 0 unspecified atom stereocenters. The fraction of sp³-hybridized carbons (Fsp3) is 0.133. The second kappa shape index (κ2) is 6.41. The summed E-state index contributed by atoms with van der Waals surface area (Å²) in [6.07, 6.45) is 1.39. The number of sulfonamides is 1. The van der Waals surface area contributed by atoms with E-state index in [1.165, 1.54) is 0 Å². The molecule has 0 amide bonds. The predicted molar refractivity (Wildman–Crippen MR) is 87.1 cm³/mol. The topological polar surface area (TPSA) is 63.2 Å². The molecule has 0 aliphatic heterocycles. The molecule has 2 rings (SSSR count). The van der Waals surface area contributed by atoms with Gasteiger partial charge in [-0.3, -0.25) is 9.52 Å². The number of hydrogen-bond donors (Lipinski definition) is 1. The fourth-order valence-electron chi connectivity index (χ4n) is 1.83. The molecule has 0 spiro atoms. The van der Waals surface area contributed by atoms with Crippen molar-refractivity contribution in [1.82, 2.24) is 0 Å². The maximum absolute atomic E-state index is 12.1. The Kier molecular flexibility index (Phi) is 4.80. The SMILES string of the molecule is CS(=O)(=O)Nc1ccc(C(=O)Cc2ccc(Br)cc2)cc1. The van der Waals surface area contributed by atoms with E-state index in [1.54, 1.807) is 24.3 Å². The van der Waals surface area contributed by atoms with Crippen molar-refractivity contribution in [3.05, 3.63) is 64.1 Å². The van der Waals surface area contributed by atoms with Crippen molar-refractivity contribution in [2.24, 2.45) is 0 Å². The van der Waals surface area contributed by atoms with Crippen LogP contribution in [0.15, 0.2) is 53.0 Å². The summed E-state index contributed by atoms with van der Waals surface area (Å²) in [6.45, 7) is 0. The highest BCUT2D eigenvalue weighted by atomic mass is 79.9. The molecule has 0 fully saturated rings. The third-order valence-corrected chi connectivity index (χ3v) is 3.92. The molecule has 6 heteroatoms. The van der Waals surface area contributed by atoms with Crippen LogP contribution in [0.25, 0.3) is 0 Å². The second-order valence-electron chi connectivity index (χ2n) is 4.68. The van der Waals surface area contributed by atoms with Crippen molar-refractivity contribution >= 4 is 37.4 Å². The van der Waals surface area contributed by atoms with Gasteiger partial charge in [0.05, 0.1) is 6.26 Å². The van der Waals surface area contributed by atoms with Gasteiger partial charge in [0, 0.05) is 22.1 Å². The van der Waals surface area contributed by atoms with Crippen LogP contribution in [0.4, 0.5) is 5.69 Å². The molecule has 1 N–H and O–H groups in total. The van der Waals surface area contributed by atoms with Gasteiger partial charge in [0.1, 0.15) is 0 Å². The van der Waals surface area contributed by atoms with Gasteiger partial charge in [-0.2, -0.15) is 0 Å². The minimum absolute atomic E-state index is 0.0109. The summed E-state index contributed by atoms with van der Waals surface area (Å²) in [5.41, 5.74) is 1.93. The van der Waals surface area contributed by atoms with Crippen LogP contribution in [0.3, 0.4) is 0 Å². The average Bonchev–Trinajstić information content (AvgIpc) is 2.40. The molecule has 2 aromatic rings. The normalized spacial score (nSPS) is 11.1. The summed E-state index contributed by atoms with van der Waals surface area (Å²) in [5.74, 6) is -0.0109. The first-order valence-corrected chi connectivity index (χ1v) is 8.87. The van der Waals surface area contributed by atoms with Crippen LogP contribution in [0.1, 0.15) is 15.9 Å². The molecule has 21 heavy (non-hydrogen) atoms. The van der Waals surface area contributed by atoms with Gasteiger partial charge in [-0.15, -0.1) is 0 Å². The van der Waals surface area contributed by atoms with E-state index >= 15 is 0 Å². The summed E-state index contributed by atoms with van der Waals surface area (Å²) in [6, 6.07) is 14.0. The molecule has 0 saturated carbocycles. The summed E-state index contributed by atoms with van der Waals surface area (Å²) >= 11 is 3.35. The number of ketones is 1. The number of halogens is 1. The molecular weight excluding hydrogens is 354 g/mol. The molecule has 0 heterocycles.